The molecule has 166 valence electrons. The molecule has 0 aliphatic rings. The predicted molar refractivity (Wildman–Crippen MR) is 128 cm³/mol. The van der Waals surface area contributed by atoms with E-state index in [1.807, 2.05) is 50.3 Å². The fourth-order valence-electron chi connectivity index (χ4n) is 2.67. The van der Waals surface area contributed by atoms with E-state index in [9.17, 15) is 4.55 Å². The first-order valence-corrected chi connectivity index (χ1v) is 11.7. The number of allylic oxidation sites excluding steroid dienone is 1. The summed E-state index contributed by atoms with van der Waals surface area (Å²) < 4.78 is 17.7. The Morgan fingerprint density at radius 3 is 2.60 bits per heavy atom. The van der Waals surface area contributed by atoms with Crippen LogP contribution < -0.4 is 11.1 Å². The molecular formula is C23H36N4O2S. The van der Waals surface area contributed by atoms with Gasteiger partial charge in [0.15, 0.2) is 17.0 Å². The van der Waals surface area contributed by atoms with Crippen LogP contribution in [0.3, 0.4) is 0 Å². The second kappa shape index (κ2) is 15.0. The van der Waals surface area contributed by atoms with Crippen LogP contribution in [0.15, 0.2) is 58.0 Å². The summed E-state index contributed by atoms with van der Waals surface area (Å²) in [6.07, 6.45) is 7.76. The first kappa shape index (κ1) is 26.1. The van der Waals surface area contributed by atoms with E-state index in [1.165, 1.54) is 0 Å². The monoisotopic (exact) mass is 432 g/mol. The number of nitrogens with two attached hydrogens (primary N) is 1. The second-order valence-electron chi connectivity index (χ2n) is 6.82. The van der Waals surface area contributed by atoms with E-state index < -0.39 is 11.2 Å². The van der Waals surface area contributed by atoms with E-state index in [2.05, 4.69) is 23.3 Å². The van der Waals surface area contributed by atoms with Crippen molar-refractivity contribution in [2.75, 3.05) is 25.9 Å². The number of likely N-dealkylation sites (N-methyl/N-ethyl adjacent to an activating group) is 1. The Kier molecular flexibility index (Phi) is 13.0. The Morgan fingerprint density at radius 1 is 1.33 bits per heavy atom. The largest absolute Gasteiger partial charge is 0.611 e. The Hall–Kier alpha value is -1.93. The standard InChI is InChI=1S/C23H36N4O2S/c1-5-8-19(16-24)9-7-10-22(25)29-23(26-4)17-27-18(3)20-11-13-21(14-12-20)30(28)15-6-2/h7-9,11-14,23,25-26H,5-6,10,15-17,24H2,1-4H3/b9-7-,19-8+,25-22?,27-18+. The van der Waals surface area contributed by atoms with E-state index in [0.29, 0.717) is 25.3 Å². The molecule has 0 saturated heterocycles. The van der Waals surface area contributed by atoms with Crippen LogP contribution in [0.4, 0.5) is 0 Å². The molecule has 2 atom stereocenters. The first-order valence-electron chi connectivity index (χ1n) is 10.4. The number of nitrogens with one attached hydrogen (secondary N) is 2. The molecule has 0 saturated carbocycles. The van der Waals surface area contributed by atoms with Gasteiger partial charge in [0.25, 0.3) is 0 Å². The summed E-state index contributed by atoms with van der Waals surface area (Å²) in [5.41, 5.74) is 8.60. The molecule has 4 N–H and O–H groups in total. The molecule has 0 spiro atoms. The molecule has 30 heavy (non-hydrogen) atoms. The van der Waals surface area contributed by atoms with Crippen LogP contribution in [-0.4, -0.2) is 48.3 Å². The second-order valence-corrected chi connectivity index (χ2v) is 8.39. The fraction of sp³-hybridized carbons (Fsp3) is 0.478. The van der Waals surface area contributed by atoms with Crippen molar-refractivity contribution in [3.8, 4) is 0 Å². The summed E-state index contributed by atoms with van der Waals surface area (Å²) in [4.78, 5) is 5.43. The number of aliphatic imine (C=N–C) groups is 1. The maximum atomic E-state index is 12.1. The van der Waals surface area contributed by atoms with Crippen LogP contribution in [0, 0.1) is 5.41 Å². The van der Waals surface area contributed by atoms with Gasteiger partial charge < -0.3 is 15.0 Å². The normalized spacial score (nSPS) is 14.7. The molecule has 0 heterocycles. The highest BCUT2D eigenvalue weighted by molar-refractivity contribution is 7.91. The molecule has 6 nitrogen and oxygen atoms in total. The van der Waals surface area contributed by atoms with Gasteiger partial charge in [0, 0.05) is 18.7 Å². The van der Waals surface area contributed by atoms with Crippen LogP contribution >= 0.6 is 0 Å². The molecule has 1 aromatic carbocycles. The van der Waals surface area contributed by atoms with Gasteiger partial charge in [-0.1, -0.05) is 32.1 Å². The zero-order valence-electron chi connectivity index (χ0n) is 18.6. The van der Waals surface area contributed by atoms with Gasteiger partial charge in [0.2, 0.25) is 0 Å². The summed E-state index contributed by atoms with van der Waals surface area (Å²) in [5.74, 6) is 0.853. The average Bonchev–Trinajstić information content (AvgIpc) is 2.75. The molecule has 0 radical (unpaired) electrons. The molecule has 1 rings (SSSR count). The number of rotatable bonds is 13. The Balaban J connectivity index is 2.60. The van der Waals surface area contributed by atoms with Gasteiger partial charge in [0.1, 0.15) is 5.75 Å². The van der Waals surface area contributed by atoms with Gasteiger partial charge in [-0.25, -0.2) is 0 Å². The molecule has 7 heteroatoms. The van der Waals surface area contributed by atoms with Crippen molar-refractivity contribution in [1.29, 1.82) is 5.41 Å². The van der Waals surface area contributed by atoms with E-state index in [4.69, 9.17) is 15.9 Å². The van der Waals surface area contributed by atoms with E-state index in [1.54, 1.807) is 7.05 Å². The van der Waals surface area contributed by atoms with Crippen LogP contribution in [0.1, 0.15) is 45.6 Å². The lowest BCUT2D eigenvalue weighted by Crippen LogP contribution is -2.33. The maximum Gasteiger partial charge on any atom is 0.186 e. The quantitative estimate of drug-likeness (QED) is 0.145. The van der Waals surface area contributed by atoms with Crippen molar-refractivity contribution in [1.82, 2.24) is 5.32 Å². The summed E-state index contributed by atoms with van der Waals surface area (Å²) >= 11 is -0.942. The molecule has 0 bridgehead atoms. The van der Waals surface area contributed by atoms with Gasteiger partial charge in [-0.15, -0.1) is 0 Å². The van der Waals surface area contributed by atoms with Crippen LogP contribution in [0.2, 0.25) is 0 Å². The number of ether oxygens (including phenoxy) is 1. The fourth-order valence-corrected chi connectivity index (χ4v) is 3.71. The zero-order valence-corrected chi connectivity index (χ0v) is 19.4. The Bertz CT molecular complexity index is 729. The third-order valence-electron chi connectivity index (χ3n) is 4.36. The number of nitrogens with zero attached hydrogens (tertiary/aromatic N) is 1. The molecule has 1 aromatic rings. The highest BCUT2D eigenvalue weighted by Crippen LogP contribution is 2.14. The smallest absolute Gasteiger partial charge is 0.186 e. The van der Waals surface area contributed by atoms with Crippen molar-refractivity contribution in [3.05, 3.63) is 53.6 Å². The molecule has 0 aliphatic heterocycles. The molecular weight excluding hydrogens is 396 g/mol. The van der Waals surface area contributed by atoms with Gasteiger partial charge in [-0.3, -0.25) is 15.7 Å². The number of benzene rings is 1. The van der Waals surface area contributed by atoms with Crippen LogP contribution in [0.25, 0.3) is 0 Å². The summed E-state index contributed by atoms with van der Waals surface area (Å²) in [6.45, 7) is 6.91. The lowest BCUT2D eigenvalue weighted by atomic mass is 10.1. The minimum atomic E-state index is -0.942. The summed E-state index contributed by atoms with van der Waals surface area (Å²) in [5, 5.41) is 11.1. The molecule has 2 unspecified atom stereocenters. The number of hydrogen-bond donors (Lipinski definition) is 3. The predicted octanol–water partition coefficient (Wildman–Crippen LogP) is 3.79. The zero-order chi connectivity index (χ0) is 22.4. The van der Waals surface area contributed by atoms with Crippen molar-refractivity contribution < 1.29 is 9.29 Å². The van der Waals surface area contributed by atoms with Crippen LogP contribution in [-0.2, 0) is 15.9 Å². The third kappa shape index (κ3) is 9.71. The minimum Gasteiger partial charge on any atom is -0.611 e. The van der Waals surface area contributed by atoms with Gasteiger partial charge in [0.05, 0.1) is 6.54 Å². The highest BCUT2D eigenvalue weighted by atomic mass is 32.2. The number of hydrogen-bond acceptors (Lipinski definition) is 6. The Morgan fingerprint density at radius 2 is 2.03 bits per heavy atom. The topological polar surface area (TPSA) is 107 Å². The van der Waals surface area contributed by atoms with Crippen LogP contribution in [0.5, 0.6) is 0 Å². The Labute approximate surface area is 184 Å². The molecule has 0 aromatic heterocycles. The summed E-state index contributed by atoms with van der Waals surface area (Å²) in [7, 11) is 1.78. The van der Waals surface area contributed by atoms with Gasteiger partial charge in [-0.05, 0) is 73.4 Å². The van der Waals surface area contributed by atoms with Crippen molar-refractivity contribution in [2.45, 2.75) is 51.2 Å². The molecule has 0 fully saturated rings. The molecule has 0 amide bonds. The lowest BCUT2D eigenvalue weighted by molar-refractivity contribution is 0.164. The van der Waals surface area contributed by atoms with Gasteiger partial charge >= 0.3 is 0 Å². The minimum absolute atomic E-state index is 0.175. The summed E-state index contributed by atoms with van der Waals surface area (Å²) in [6, 6.07) is 7.69. The van der Waals surface area contributed by atoms with Crippen molar-refractivity contribution >= 4 is 22.8 Å². The van der Waals surface area contributed by atoms with E-state index in [0.717, 1.165) is 34.6 Å². The highest BCUT2D eigenvalue weighted by Gasteiger charge is 2.11. The SMILES string of the molecule is CC/C=C(\C=C/CC(=N)OC(C/N=C(\C)c1ccc([S+]([O-])CCC)cc1)NC)CN. The maximum absolute atomic E-state index is 12.1. The van der Waals surface area contributed by atoms with Crippen molar-refractivity contribution in [2.24, 2.45) is 10.7 Å². The van der Waals surface area contributed by atoms with E-state index >= 15 is 0 Å². The third-order valence-corrected chi connectivity index (χ3v) is 5.94. The lowest BCUT2D eigenvalue weighted by Gasteiger charge is -2.17. The average molecular weight is 433 g/mol. The molecule has 0 aliphatic carbocycles. The van der Waals surface area contributed by atoms with Gasteiger partial charge in [-0.2, -0.15) is 0 Å². The van der Waals surface area contributed by atoms with Crippen molar-refractivity contribution in [3.63, 3.8) is 0 Å². The first-order chi connectivity index (χ1) is 14.4. The van der Waals surface area contributed by atoms with E-state index in [-0.39, 0.29) is 12.1 Å².